The molecular weight excluding hydrogens is 428 g/mol. The molecular formula is C27H36N4O3. The fraction of sp³-hybridized carbons (Fsp3) is 0.519. The molecule has 4 rings (SSSR count). The Balaban J connectivity index is 1.66. The Kier molecular flexibility index (Phi) is 8.66. The van der Waals surface area contributed by atoms with E-state index in [1.165, 1.54) is 19.3 Å². The summed E-state index contributed by atoms with van der Waals surface area (Å²) >= 11 is 0. The number of carbonyl (C=O) groups excluding carboxylic acids is 2. The average molecular weight is 465 g/mol. The van der Waals surface area contributed by atoms with Crippen LogP contribution in [0.3, 0.4) is 0 Å². The molecule has 7 nitrogen and oxygen atoms in total. The van der Waals surface area contributed by atoms with E-state index in [2.05, 4.69) is 15.2 Å². The predicted octanol–water partition coefficient (Wildman–Crippen LogP) is 4.63. The molecule has 1 aromatic heterocycles. The van der Waals surface area contributed by atoms with Gasteiger partial charge in [-0.25, -0.2) is 0 Å². The molecule has 0 aliphatic carbocycles. The molecule has 0 unspecified atom stereocenters. The summed E-state index contributed by atoms with van der Waals surface area (Å²) in [4.78, 5) is 34.1. The molecule has 2 aliphatic heterocycles. The molecule has 182 valence electrons. The van der Waals surface area contributed by atoms with Gasteiger partial charge in [-0.1, -0.05) is 19.3 Å². The van der Waals surface area contributed by atoms with Crippen LogP contribution in [0.5, 0.6) is 0 Å². The minimum atomic E-state index is -0.160. The number of carbonyl (C=O) groups is 2. The van der Waals surface area contributed by atoms with Gasteiger partial charge in [0.15, 0.2) is 0 Å². The largest absolute Gasteiger partial charge is 0.381 e. The van der Waals surface area contributed by atoms with E-state index >= 15 is 0 Å². The van der Waals surface area contributed by atoms with Gasteiger partial charge in [0.1, 0.15) is 0 Å². The van der Waals surface area contributed by atoms with E-state index < -0.39 is 0 Å². The normalized spacial score (nSPS) is 18.9. The van der Waals surface area contributed by atoms with Crippen molar-refractivity contribution in [2.45, 2.75) is 64.5 Å². The molecule has 1 fully saturated rings. The fourth-order valence-corrected chi connectivity index (χ4v) is 4.98. The Labute approximate surface area is 202 Å². The summed E-state index contributed by atoms with van der Waals surface area (Å²) in [6.45, 7) is 5.68. The van der Waals surface area contributed by atoms with Crippen LogP contribution in [-0.4, -0.2) is 54.0 Å². The summed E-state index contributed by atoms with van der Waals surface area (Å²) in [6, 6.07) is 9.76. The molecule has 0 bridgehead atoms. The minimum absolute atomic E-state index is 0.0462. The van der Waals surface area contributed by atoms with Crippen molar-refractivity contribution in [1.82, 2.24) is 9.88 Å². The van der Waals surface area contributed by atoms with Crippen molar-refractivity contribution in [3.63, 3.8) is 0 Å². The third-order valence-electron chi connectivity index (χ3n) is 6.86. The first-order valence-electron chi connectivity index (χ1n) is 12.6. The van der Waals surface area contributed by atoms with E-state index in [1.54, 1.807) is 31.5 Å². The number of nitrogens with one attached hydrogen (secondary N) is 1. The number of aromatic nitrogens is 1. The second kappa shape index (κ2) is 12.1. The first kappa shape index (κ1) is 24.4. The topological polar surface area (TPSA) is 74.8 Å². The van der Waals surface area contributed by atoms with E-state index in [1.807, 2.05) is 23.1 Å². The number of fused-ring (bicyclic) bond motifs is 1. The highest BCUT2D eigenvalue weighted by Crippen LogP contribution is 2.28. The van der Waals surface area contributed by atoms with Gasteiger partial charge in [0, 0.05) is 68.6 Å². The molecule has 3 heterocycles. The summed E-state index contributed by atoms with van der Waals surface area (Å²) in [5.74, 6) is -0.114. The average Bonchev–Trinajstić information content (AvgIpc) is 2.85. The van der Waals surface area contributed by atoms with Crippen molar-refractivity contribution in [3.8, 4) is 0 Å². The van der Waals surface area contributed by atoms with Crippen molar-refractivity contribution in [2.75, 3.05) is 36.5 Å². The van der Waals surface area contributed by atoms with Gasteiger partial charge in [-0.15, -0.1) is 0 Å². The molecule has 0 spiro atoms. The molecule has 1 saturated heterocycles. The molecule has 2 amide bonds. The Morgan fingerprint density at radius 1 is 0.971 bits per heavy atom. The fourth-order valence-electron chi connectivity index (χ4n) is 4.98. The van der Waals surface area contributed by atoms with Crippen molar-refractivity contribution in [2.24, 2.45) is 0 Å². The zero-order valence-electron chi connectivity index (χ0n) is 20.2. The van der Waals surface area contributed by atoms with Gasteiger partial charge in [0.25, 0.3) is 5.91 Å². The number of benzene rings is 1. The Hall–Kier alpha value is -2.77. The van der Waals surface area contributed by atoms with Crippen molar-refractivity contribution >= 4 is 23.2 Å². The monoisotopic (exact) mass is 464 g/mol. The lowest BCUT2D eigenvalue weighted by atomic mass is 10.0. The van der Waals surface area contributed by atoms with Crippen LogP contribution in [0.1, 0.15) is 67.8 Å². The quantitative estimate of drug-likeness (QED) is 0.717. The van der Waals surface area contributed by atoms with E-state index in [0.29, 0.717) is 23.8 Å². The molecule has 2 aromatic rings. The van der Waals surface area contributed by atoms with Crippen molar-refractivity contribution in [3.05, 3.63) is 53.9 Å². The number of pyridine rings is 1. The third kappa shape index (κ3) is 6.42. The van der Waals surface area contributed by atoms with Gasteiger partial charge in [0.2, 0.25) is 5.91 Å². The predicted molar refractivity (Wildman–Crippen MR) is 134 cm³/mol. The van der Waals surface area contributed by atoms with Gasteiger partial charge in [-0.05, 0) is 68.1 Å². The second-order valence-corrected chi connectivity index (χ2v) is 9.29. The lowest BCUT2D eigenvalue weighted by molar-refractivity contribution is -0.116. The number of rotatable bonds is 3. The maximum absolute atomic E-state index is 13.0. The van der Waals surface area contributed by atoms with Gasteiger partial charge in [-0.3, -0.25) is 19.5 Å². The molecule has 1 N–H and O–H groups in total. The molecule has 0 atom stereocenters. The molecule has 2 aliphatic rings. The number of nitrogens with zero attached hydrogens (tertiary/aromatic N) is 3. The van der Waals surface area contributed by atoms with E-state index in [-0.39, 0.29) is 11.8 Å². The van der Waals surface area contributed by atoms with Crippen LogP contribution in [0.2, 0.25) is 0 Å². The van der Waals surface area contributed by atoms with Crippen LogP contribution in [0.4, 0.5) is 11.4 Å². The number of hydrogen-bond donors (Lipinski definition) is 1. The SMILES string of the molecule is CC(=O)N1CCCCCCCN(C2CCOCC2)Cc2cc(C(=O)Nc3ccncc3)ccc21. The van der Waals surface area contributed by atoms with Crippen LogP contribution >= 0.6 is 0 Å². The van der Waals surface area contributed by atoms with E-state index in [0.717, 1.165) is 63.2 Å². The summed E-state index contributed by atoms with van der Waals surface area (Å²) in [7, 11) is 0. The highest BCUT2D eigenvalue weighted by Gasteiger charge is 2.25. The Morgan fingerprint density at radius 2 is 1.68 bits per heavy atom. The van der Waals surface area contributed by atoms with E-state index in [9.17, 15) is 9.59 Å². The molecule has 0 radical (unpaired) electrons. The standard InChI is InChI=1S/C27H36N4O3/c1-21(32)31-16-6-4-2-3-5-15-30(25-11-17-34-18-12-25)20-23-19-22(7-8-26(23)31)27(33)29-24-9-13-28-14-10-24/h7-10,13-14,19,25H,2-6,11-12,15-18,20H2,1H3,(H,28,29,33). The maximum atomic E-state index is 13.0. The first-order chi connectivity index (χ1) is 16.6. The lowest BCUT2D eigenvalue weighted by Crippen LogP contribution is -2.40. The highest BCUT2D eigenvalue weighted by molar-refractivity contribution is 6.05. The van der Waals surface area contributed by atoms with Crippen LogP contribution in [0, 0.1) is 0 Å². The highest BCUT2D eigenvalue weighted by atomic mass is 16.5. The smallest absolute Gasteiger partial charge is 0.255 e. The van der Waals surface area contributed by atoms with Crippen molar-refractivity contribution < 1.29 is 14.3 Å². The van der Waals surface area contributed by atoms with Gasteiger partial charge in [-0.2, -0.15) is 0 Å². The van der Waals surface area contributed by atoms with Gasteiger partial charge in [0.05, 0.1) is 0 Å². The number of hydrogen-bond acceptors (Lipinski definition) is 5. The third-order valence-corrected chi connectivity index (χ3v) is 6.86. The Bertz CT molecular complexity index is 960. The van der Waals surface area contributed by atoms with Crippen LogP contribution in [0.15, 0.2) is 42.7 Å². The summed E-state index contributed by atoms with van der Waals surface area (Å²) < 4.78 is 5.62. The Morgan fingerprint density at radius 3 is 2.41 bits per heavy atom. The molecule has 34 heavy (non-hydrogen) atoms. The van der Waals surface area contributed by atoms with Crippen LogP contribution in [-0.2, 0) is 16.1 Å². The molecule has 0 saturated carbocycles. The maximum Gasteiger partial charge on any atom is 0.255 e. The summed E-state index contributed by atoms with van der Waals surface area (Å²) in [5, 5.41) is 2.95. The summed E-state index contributed by atoms with van der Waals surface area (Å²) in [6.07, 6.45) is 11.1. The second-order valence-electron chi connectivity index (χ2n) is 9.29. The van der Waals surface area contributed by atoms with Crippen LogP contribution < -0.4 is 10.2 Å². The molecule has 1 aromatic carbocycles. The molecule has 7 heteroatoms. The number of anilines is 2. The van der Waals surface area contributed by atoms with Gasteiger partial charge < -0.3 is 15.0 Å². The lowest BCUT2D eigenvalue weighted by Gasteiger charge is -2.36. The van der Waals surface area contributed by atoms with Crippen LogP contribution in [0.25, 0.3) is 0 Å². The number of amides is 2. The summed E-state index contributed by atoms with van der Waals surface area (Å²) in [5.41, 5.74) is 3.26. The van der Waals surface area contributed by atoms with E-state index in [4.69, 9.17) is 4.74 Å². The zero-order chi connectivity index (χ0) is 23.8. The number of ether oxygens (including phenoxy) is 1. The minimum Gasteiger partial charge on any atom is -0.381 e. The van der Waals surface area contributed by atoms with Gasteiger partial charge >= 0.3 is 0 Å². The van der Waals surface area contributed by atoms with Crippen molar-refractivity contribution in [1.29, 1.82) is 0 Å². The zero-order valence-corrected chi connectivity index (χ0v) is 20.2. The first-order valence-corrected chi connectivity index (χ1v) is 12.6.